The topological polar surface area (TPSA) is 93.1 Å². The fourth-order valence-corrected chi connectivity index (χ4v) is 2.72. The van der Waals surface area contributed by atoms with Gasteiger partial charge in [-0.15, -0.1) is 0 Å². The molecule has 134 valence electrons. The van der Waals surface area contributed by atoms with Gasteiger partial charge in [0.1, 0.15) is 16.5 Å². The van der Waals surface area contributed by atoms with Gasteiger partial charge in [0, 0.05) is 27.1 Å². The van der Waals surface area contributed by atoms with Crippen molar-refractivity contribution in [1.82, 2.24) is 19.9 Å². The molecule has 0 fully saturated rings. The first-order valence-electron chi connectivity index (χ1n) is 7.52. The van der Waals surface area contributed by atoms with Crippen LogP contribution < -0.4 is 15.0 Å². The van der Waals surface area contributed by atoms with Crippen molar-refractivity contribution in [2.75, 3.05) is 24.3 Å². The van der Waals surface area contributed by atoms with E-state index in [1.165, 1.54) is 31.0 Å². The Hall–Kier alpha value is -3.12. The van der Waals surface area contributed by atoms with E-state index in [9.17, 15) is 4.79 Å². The second kappa shape index (κ2) is 8.82. The minimum absolute atomic E-state index is 0.250. The van der Waals surface area contributed by atoms with Crippen LogP contribution in [0, 0.1) is 11.8 Å². The lowest BCUT2D eigenvalue weighted by atomic mass is 10.4. The molecule has 26 heavy (non-hydrogen) atoms. The molecule has 0 radical (unpaired) electrons. The first-order valence-corrected chi connectivity index (χ1v) is 8.33. The van der Waals surface area contributed by atoms with E-state index in [0.29, 0.717) is 27.5 Å². The molecule has 0 saturated carbocycles. The van der Waals surface area contributed by atoms with E-state index >= 15 is 0 Å². The Balaban J connectivity index is 2.42. The van der Waals surface area contributed by atoms with Crippen LogP contribution in [-0.4, -0.2) is 39.9 Å². The van der Waals surface area contributed by atoms with Gasteiger partial charge in [0.25, 0.3) is 0 Å². The highest BCUT2D eigenvalue weighted by molar-refractivity contribution is 7.99. The third-order valence-corrected chi connectivity index (χ3v) is 3.62. The van der Waals surface area contributed by atoms with Crippen molar-refractivity contribution in [3.63, 3.8) is 0 Å². The standard InChI is InChI=1S/C17H18N6O2S/c1-6-8-12-10-18-16(15(20-12)23(4)5)26-17-21-13(19-11(3)24)9-14(22-17)25-7-2/h7,9-10H,2H2,1,3-5H3,(H,19,21,22,24). The number of hydrogen-bond donors (Lipinski definition) is 1. The molecule has 0 aliphatic heterocycles. The zero-order chi connectivity index (χ0) is 19.1. The molecule has 0 bridgehead atoms. The minimum Gasteiger partial charge on any atom is -0.447 e. The molecular weight excluding hydrogens is 352 g/mol. The Morgan fingerprint density at radius 2 is 2.15 bits per heavy atom. The molecule has 2 aromatic heterocycles. The zero-order valence-corrected chi connectivity index (χ0v) is 15.7. The number of amides is 1. The first-order chi connectivity index (χ1) is 12.4. The Morgan fingerprint density at radius 3 is 2.77 bits per heavy atom. The van der Waals surface area contributed by atoms with Gasteiger partial charge < -0.3 is 15.0 Å². The summed E-state index contributed by atoms with van der Waals surface area (Å²) in [5, 5.41) is 3.56. The molecule has 0 saturated heterocycles. The van der Waals surface area contributed by atoms with Crippen molar-refractivity contribution < 1.29 is 9.53 Å². The van der Waals surface area contributed by atoms with E-state index in [1.54, 1.807) is 13.1 Å². The molecule has 2 heterocycles. The van der Waals surface area contributed by atoms with Gasteiger partial charge in [0.2, 0.25) is 11.8 Å². The molecule has 2 rings (SSSR count). The molecule has 0 aliphatic carbocycles. The van der Waals surface area contributed by atoms with E-state index in [-0.39, 0.29) is 11.8 Å². The lowest BCUT2D eigenvalue weighted by Crippen LogP contribution is -2.13. The molecule has 2 aromatic rings. The lowest BCUT2D eigenvalue weighted by Gasteiger charge is -2.15. The molecule has 9 heteroatoms. The van der Waals surface area contributed by atoms with E-state index < -0.39 is 0 Å². The van der Waals surface area contributed by atoms with Crippen LogP contribution in [0.3, 0.4) is 0 Å². The van der Waals surface area contributed by atoms with Crippen LogP contribution in [-0.2, 0) is 4.79 Å². The second-order valence-electron chi connectivity index (χ2n) is 5.10. The number of aromatic nitrogens is 4. The zero-order valence-electron chi connectivity index (χ0n) is 14.9. The van der Waals surface area contributed by atoms with Gasteiger partial charge in [-0.05, 0) is 24.6 Å². The SMILES string of the molecule is C=COc1cc(NC(C)=O)nc(Sc2ncc(C#CC)nc2N(C)C)n1. The van der Waals surface area contributed by atoms with Gasteiger partial charge in [-0.2, -0.15) is 4.98 Å². The summed E-state index contributed by atoms with van der Waals surface area (Å²) in [6.45, 7) is 6.64. The predicted octanol–water partition coefficient (Wildman–Crippen LogP) is 2.34. The number of rotatable bonds is 6. The minimum atomic E-state index is -0.250. The number of hydrogen-bond acceptors (Lipinski definition) is 8. The molecule has 0 aromatic carbocycles. The maximum absolute atomic E-state index is 11.3. The lowest BCUT2D eigenvalue weighted by molar-refractivity contribution is -0.114. The summed E-state index contributed by atoms with van der Waals surface area (Å²) in [7, 11) is 3.72. The van der Waals surface area contributed by atoms with Crippen LogP contribution >= 0.6 is 11.8 Å². The molecule has 1 amide bonds. The Bertz CT molecular complexity index is 889. The number of nitrogens with one attached hydrogen (secondary N) is 1. The largest absolute Gasteiger partial charge is 0.447 e. The van der Waals surface area contributed by atoms with Gasteiger partial charge in [0.05, 0.1) is 12.5 Å². The number of ether oxygens (including phenoxy) is 1. The number of carbonyl (C=O) groups excluding carboxylic acids is 1. The molecular formula is C17H18N6O2S. The van der Waals surface area contributed by atoms with Gasteiger partial charge in [-0.25, -0.2) is 15.0 Å². The van der Waals surface area contributed by atoms with Crippen molar-refractivity contribution in [3.05, 3.63) is 30.8 Å². The Labute approximate surface area is 156 Å². The van der Waals surface area contributed by atoms with Crippen molar-refractivity contribution in [2.24, 2.45) is 0 Å². The highest BCUT2D eigenvalue weighted by Crippen LogP contribution is 2.31. The van der Waals surface area contributed by atoms with Crippen LogP contribution in [0.2, 0.25) is 0 Å². The highest BCUT2D eigenvalue weighted by atomic mass is 32.2. The summed E-state index contributed by atoms with van der Waals surface area (Å²) in [6, 6.07) is 1.51. The Morgan fingerprint density at radius 1 is 1.38 bits per heavy atom. The summed E-state index contributed by atoms with van der Waals surface area (Å²) in [6.07, 6.45) is 2.84. The van der Waals surface area contributed by atoms with Gasteiger partial charge in [-0.3, -0.25) is 4.79 Å². The normalized spacial score (nSPS) is 9.69. The summed E-state index contributed by atoms with van der Waals surface area (Å²) >= 11 is 1.20. The summed E-state index contributed by atoms with van der Waals surface area (Å²) < 4.78 is 5.22. The number of nitrogens with zero attached hydrogens (tertiary/aromatic N) is 5. The molecule has 0 aliphatic rings. The van der Waals surface area contributed by atoms with Crippen molar-refractivity contribution >= 4 is 29.3 Å². The van der Waals surface area contributed by atoms with Crippen LogP contribution in [0.15, 0.2) is 35.3 Å². The highest BCUT2D eigenvalue weighted by Gasteiger charge is 2.15. The van der Waals surface area contributed by atoms with Crippen molar-refractivity contribution in [1.29, 1.82) is 0 Å². The number of anilines is 2. The molecule has 8 nitrogen and oxygen atoms in total. The van der Waals surface area contributed by atoms with E-state index in [0.717, 1.165) is 0 Å². The fraction of sp³-hybridized carbons (Fsp3) is 0.235. The van der Waals surface area contributed by atoms with Gasteiger partial charge >= 0.3 is 0 Å². The smallest absolute Gasteiger partial charge is 0.224 e. The molecule has 0 unspecified atom stereocenters. The first kappa shape index (κ1) is 19.2. The monoisotopic (exact) mass is 370 g/mol. The van der Waals surface area contributed by atoms with Gasteiger partial charge in [-0.1, -0.05) is 12.5 Å². The maximum atomic E-state index is 11.3. The quantitative estimate of drug-likeness (QED) is 0.470. The molecule has 0 atom stereocenters. The average molecular weight is 370 g/mol. The van der Waals surface area contributed by atoms with Crippen molar-refractivity contribution in [2.45, 2.75) is 24.0 Å². The summed E-state index contributed by atoms with van der Waals surface area (Å²) in [5.41, 5.74) is 0.573. The van der Waals surface area contributed by atoms with Crippen LogP contribution in [0.4, 0.5) is 11.6 Å². The van der Waals surface area contributed by atoms with Crippen LogP contribution in [0.5, 0.6) is 5.88 Å². The Kier molecular flexibility index (Phi) is 6.52. The van der Waals surface area contributed by atoms with Gasteiger partial charge in [0.15, 0.2) is 11.0 Å². The van der Waals surface area contributed by atoms with Crippen molar-refractivity contribution in [3.8, 4) is 17.7 Å². The maximum Gasteiger partial charge on any atom is 0.224 e. The average Bonchev–Trinajstić information content (AvgIpc) is 2.55. The van der Waals surface area contributed by atoms with E-state index in [2.05, 4.69) is 43.7 Å². The molecule has 1 N–H and O–H groups in total. The number of carbonyl (C=O) groups is 1. The third-order valence-electron chi connectivity index (χ3n) is 2.78. The van der Waals surface area contributed by atoms with Crippen LogP contribution in [0.25, 0.3) is 0 Å². The summed E-state index contributed by atoms with van der Waals surface area (Å²) in [5.74, 6) is 6.64. The second-order valence-corrected chi connectivity index (χ2v) is 6.05. The van der Waals surface area contributed by atoms with E-state index in [4.69, 9.17) is 4.74 Å². The van der Waals surface area contributed by atoms with Crippen LogP contribution in [0.1, 0.15) is 19.5 Å². The predicted molar refractivity (Wildman–Crippen MR) is 100 cm³/mol. The van der Waals surface area contributed by atoms with E-state index in [1.807, 2.05) is 19.0 Å². The summed E-state index contributed by atoms with van der Waals surface area (Å²) in [4.78, 5) is 30.6. The third kappa shape index (κ3) is 5.19. The fourth-order valence-electron chi connectivity index (χ4n) is 1.85. The molecule has 0 spiro atoms.